The molecule has 0 fully saturated rings. The number of hydrogen-bond acceptors (Lipinski definition) is 3. The number of fused-ring (bicyclic) bond motifs is 1. The molecule has 2 aromatic heterocycles. The number of H-pyrrole nitrogens is 1. The van der Waals surface area contributed by atoms with E-state index < -0.39 is 0 Å². The van der Waals surface area contributed by atoms with Crippen molar-refractivity contribution < 1.29 is 4.79 Å². The first-order chi connectivity index (χ1) is 8.84. The lowest BCUT2D eigenvalue weighted by Gasteiger charge is -2.04. The molecular formula is C13H11N3OS. The van der Waals surface area contributed by atoms with E-state index in [1.54, 1.807) is 11.7 Å². The molecule has 5 heteroatoms. The zero-order valence-electron chi connectivity index (χ0n) is 9.51. The van der Waals surface area contributed by atoms with E-state index in [0.717, 1.165) is 15.8 Å². The number of thiazole rings is 1. The molecule has 0 bridgehead atoms. The minimum absolute atomic E-state index is 0.0727. The van der Waals surface area contributed by atoms with Gasteiger partial charge in [0.1, 0.15) is 0 Å². The van der Waals surface area contributed by atoms with Crippen molar-refractivity contribution in [3.05, 3.63) is 52.6 Å². The molecule has 1 amide bonds. The summed E-state index contributed by atoms with van der Waals surface area (Å²) >= 11 is 1.53. The highest BCUT2D eigenvalue weighted by Crippen LogP contribution is 2.17. The number of carbonyl (C=O) groups excluding carboxylic acids is 1. The van der Waals surface area contributed by atoms with Gasteiger partial charge in [-0.25, -0.2) is 0 Å². The largest absolute Gasteiger partial charge is 0.361 e. The van der Waals surface area contributed by atoms with Crippen LogP contribution in [0.2, 0.25) is 0 Å². The van der Waals surface area contributed by atoms with Gasteiger partial charge >= 0.3 is 0 Å². The third-order valence-electron chi connectivity index (χ3n) is 2.74. The van der Waals surface area contributed by atoms with E-state index in [1.165, 1.54) is 11.3 Å². The summed E-state index contributed by atoms with van der Waals surface area (Å²) < 4.78 is 0. The second-order valence-corrected chi connectivity index (χ2v) is 4.87. The van der Waals surface area contributed by atoms with Crippen LogP contribution in [0.25, 0.3) is 10.9 Å². The fraction of sp³-hybridized carbons (Fsp3) is 0.0769. The molecule has 1 aromatic carbocycles. The smallest absolute Gasteiger partial charge is 0.253 e. The molecule has 0 radical (unpaired) electrons. The molecule has 0 saturated heterocycles. The molecule has 90 valence electrons. The van der Waals surface area contributed by atoms with E-state index >= 15 is 0 Å². The molecule has 18 heavy (non-hydrogen) atoms. The van der Waals surface area contributed by atoms with Crippen LogP contribution < -0.4 is 5.32 Å². The number of amides is 1. The molecule has 2 heterocycles. The van der Waals surface area contributed by atoms with E-state index in [-0.39, 0.29) is 5.91 Å². The van der Waals surface area contributed by atoms with Crippen molar-refractivity contribution in [2.75, 3.05) is 0 Å². The quantitative estimate of drug-likeness (QED) is 0.757. The number of carbonyl (C=O) groups is 1. The average Bonchev–Trinajstić information content (AvgIpc) is 3.05. The highest BCUT2D eigenvalue weighted by Gasteiger charge is 2.10. The maximum atomic E-state index is 12.1. The Morgan fingerprint density at radius 3 is 3.17 bits per heavy atom. The summed E-state index contributed by atoms with van der Waals surface area (Å²) in [7, 11) is 0. The van der Waals surface area contributed by atoms with Crippen LogP contribution in [0.15, 0.2) is 42.2 Å². The molecule has 0 atom stereocenters. The second-order valence-electron chi connectivity index (χ2n) is 3.90. The Morgan fingerprint density at radius 2 is 2.33 bits per heavy atom. The van der Waals surface area contributed by atoms with E-state index in [4.69, 9.17) is 0 Å². The standard InChI is InChI=1S/C13H11N3OS/c17-13(16-7-10-6-14-8-18-10)11-3-1-2-9-4-5-15-12(9)11/h1-6,8,15H,7H2,(H,16,17). The topological polar surface area (TPSA) is 57.8 Å². The van der Waals surface area contributed by atoms with Crippen LogP contribution in [0.1, 0.15) is 15.2 Å². The van der Waals surface area contributed by atoms with Crippen LogP contribution in [0, 0.1) is 0 Å². The van der Waals surface area contributed by atoms with Crippen molar-refractivity contribution in [3.8, 4) is 0 Å². The minimum Gasteiger partial charge on any atom is -0.361 e. The highest BCUT2D eigenvalue weighted by atomic mass is 32.1. The minimum atomic E-state index is -0.0727. The van der Waals surface area contributed by atoms with Crippen molar-refractivity contribution >= 4 is 28.1 Å². The average molecular weight is 257 g/mol. The predicted molar refractivity (Wildman–Crippen MR) is 71.6 cm³/mol. The van der Waals surface area contributed by atoms with Crippen LogP contribution in [0.5, 0.6) is 0 Å². The van der Waals surface area contributed by atoms with E-state index in [0.29, 0.717) is 12.1 Å². The first-order valence-corrected chi connectivity index (χ1v) is 6.44. The van der Waals surface area contributed by atoms with Crippen molar-refractivity contribution in [2.24, 2.45) is 0 Å². The van der Waals surface area contributed by atoms with E-state index in [2.05, 4.69) is 15.3 Å². The molecule has 0 unspecified atom stereocenters. The summed E-state index contributed by atoms with van der Waals surface area (Å²) in [5.41, 5.74) is 3.30. The lowest BCUT2D eigenvalue weighted by atomic mass is 10.1. The Hall–Kier alpha value is -2.14. The molecule has 0 aliphatic heterocycles. The predicted octanol–water partition coefficient (Wildman–Crippen LogP) is 2.55. The number of hydrogen-bond donors (Lipinski definition) is 2. The van der Waals surface area contributed by atoms with Crippen LogP contribution in [0.4, 0.5) is 0 Å². The lowest BCUT2D eigenvalue weighted by molar-refractivity contribution is 0.0953. The normalized spacial score (nSPS) is 10.7. The van der Waals surface area contributed by atoms with Crippen LogP contribution in [0.3, 0.4) is 0 Å². The third-order valence-corrected chi connectivity index (χ3v) is 3.52. The van der Waals surface area contributed by atoms with Gasteiger partial charge in [-0.05, 0) is 12.1 Å². The van der Waals surface area contributed by atoms with Crippen LogP contribution in [-0.2, 0) is 6.54 Å². The highest BCUT2D eigenvalue weighted by molar-refractivity contribution is 7.09. The fourth-order valence-electron chi connectivity index (χ4n) is 1.87. The monoisotopic (exact) mass is 257 g/mol. The number of rotatable bonds is 3. The maximum absolute atomic E-state index is 12.1. The van der Waals surface area contributed by atoms with Gasteiger partial charge < -0.3 is 10.3 Å². The first-order valence-electron chi connectivity index (χ1n) is 5.56. The Labute approximate surface area is 108 Å². The first kappa shape index (κ1) is 11.0. The van der Waals surface area contributed by atoms with Gasteiger partial charge in [0.05, 0.1) is 23.1 Å². The van der Waals surface area contributed by atoms with Gasteiger partial charge in [-0.15, -0.1) is 11.3 Å². The van der Waals surface area contributed by atoms with Crippen molar-refractivity contribution in [2.45, 2.75) is 6.54 Å². The van der Waals surface area contributed by atoms with Gasteiger partial charge in [-0.3, -0.25) is 9.78 Å². The molecule has 3 rings (SSSR count). The number of aromatic amines is 1. The van der Waals surface area contributed by atoms with E-state index in [1.807, 2.05) is 30.5 Å². The summed E-state index contributed by atoms with van der Waals surface area (Å²) in [5, 5.41) is 3.94. The van der Waals surface area contributed by atoms with Crippen molar-refractivity contribution in [1.82, 2.24) is 15.3 Å². The number of para-hydroxylation sites is 1. The molecule has 0 aliphatic carbocycles. The molecule has 2 N–H and O–H groups in total. The van der Waals surface area contributed by atoms with Gasteiger partial charge in [0.2, 0.25) is 0 Å². The van der Waals surface area contributed by atoms with Gasteiger partial charge in [0.15, 0.2) is 0 Å². The summed E-state index contributed by atoms with van der Waals surface area (Å²) in [4.78, 5) is 20.2. The zero-order chi connectivity index (χ0) is 12.4. The number of benzene rings is 1. The van der Waals surface area contributed by atoms with Crippen LogP contribution >= 0.6 is 11.3 Å². The van der Waals surface area contributed by atoms with E-state index in [9.17, 15) is 4.79 Å². The summed E-state index contributed by atoms with van der Waals surface area (Å²) in [5.74, 6) is -0.0727. The molecule has 4 nitrogen and oxygen atoms in total. The molecule has 3 aromatic rings. The zero-order valence-corrected chi connectivity index (χ0v) is 10.3. The Balaban J connectivity index is 1.81. The number of nitrogens with zero attached hydrogens (tertiary/aromatic N) is 1. The van der Waals surface area contributed by atoms with Crippen LogP contribution in [-0.4, -0.2) is 15.9 Å². The summed E-state index contributed by atoms with van der Waals surface area (Å²) in [6, 6.07) is 7.64. The molecule has 0 spiro atoms. The Kier molecular flexibility index (Phi) is 2.82. The second kappa shape index (κ2) is 4.62. The fourth-order valence-corrected chi connectivity index (χ4v) is 2.40. The SMILES string of the molecule is O=C(NCc1cncs1)c1cccc2cc[nH]c12. The molecule has 0 aliphatic rings. The Morgan fingerprint density at radius 1 is 1.39 bits per heavy atom. The maximum Gasteiger partial charge on any atom is 0.253 e. The van der Waals surface area contributed by atoms with Crippen molar-refractivity contribution in [3.63, 3.8) is 0 Å². The van der Waals surface area contributed by atoms with Crippen molar-refractivity contribution in [1.29, 1.82) is 0 Å². The summed E-state index contributed by atoms with van der Waals surface area (Å²) in [6.45, 7) is 0.514. The Bertz CT molecular complexity index is 672. The third kappa shape index (κ3) is 2.00. The van der Waals surface area contributed by atoms with Gasteiger partial charge in [0.25, 0.3) is 5.91 Å². The lowest BCUT2D eigenvalue weighted by Crippen LogP contribution is -2.22. The molecular weight excluding hydrogens is 246 g/mol. The number of aromatic nitrogens is 2. The van der Waals surface area contributed by atoms with Gasteiger partial charge in [0, 0.05) is 22.7 Å². The molecule has 0 saturated carbocycles. The van der Waals surface area contributed by atoms with Gasteiger partial charge in [-0.1, -0.05) is 12.1 Å². The van der Waals surface area contributed by atoms with Gasteiger partial charge in [-0.2, -0.15) is 0 Å². The number of nitrogens with one attached hydrogen (secondary N) is 2. The summed E-state index contributed by atoms with van der Waals surface area (Å²) in [6.07, 6.45) is 3.60.